The van der Waals surface area contributed by atoms with E-state index < -0.39 is 0 Å². The van der Waals surface area contributed by atoms with Gasteiger partial charge in [-0.3, -0.25) is 10.3 Å². The van der Waals surface area contributed by atoms with E-state index in [-0.39, 0.29) is 12.2 Å². The van der Waals surface area contributed by atoms with Gasteiger partial charge < -0.3 is 10.6 Å². The third-order valence-corrected chi connectivity index (χ3v) is 4.68. The summed E-state index contributed by atoms with van der Waals surface area (Å²) in [6.07, 6.45) is 5.38. The SMILES string of the molecule is CC1=NC2C(N)NC3CCCCC3C2N1C. The van der Waals surface area contributed by atoms with Crippen LogP contribution in [0, 0.1) is 5.92 Å². The van der Waals surface area contributed by atoms with Crippen molar-refractivity contribution in [1.82, 2.24) is 10.2 Å². The van der Waals surface area contributed by atoms with Crippen LogP contribution in [-0.2, 0) is 0 Å². The van der Waals surface area contributed by atoms with Crippen molar-refractivity contribution in [3.05, 3.63) is 0 Å². The van der Waals surface area contributed by atoms with Crippen molar-refractivity contribution in [2.75, 3.05) is 7.05 Å². The lowest BCUT2D eigenvalue weighted by Gasteiger charge is -2.47. The number of piperidine rings is 1. The van der Waals surface area contributed by atoms with Crippen LogP contribution in [0.1, 0.15) is 32.6 Å². The predicted octanol–water partition coefficient (Wildman–Crippen LogP) is 0.534. The van der Waals surface area contributed by atoms with Crippen LogP contribution in [0.5, 0.6) is 0 Å². The van der Waals surface area contributed by atoms with E-state index in [0.29, 0.717) is 12.1 Å². The van der Waals surface area contributed by atoms with Gasteiger partial charge in [0.25, 0.3) is 0 Å². The smallest absolute Gasteiger partial charge is 0.101 e. The maximum atomic E-state index is 6.21. The van der Waals surface area contributed by atoms with E-state index in [1.165, 1.54) is 25.7 Å². The van der Waals surface area contributed by atoms with Gasteiger partial charge in [0.1, 0.15) is 6.04 Å². The number of aliphatic imine (C=N–C) groups is 1. The number of hydrogen-bond donors (Lipinski definition) is 2. The zero-order valence-corrected chi connectivity index (χ0v) is 10.2. The molecule has 1 saturated heterocycles. The highest BCUT2D eigenvalue weighted by Crippen LogP contribution is 2.37. The molecule has 90 valence electrons. The second-order valence-electron chi connectivity index (χ2n) is 5.52. The van der Waals surface area contributed by atoms with Gasteiger partial charge in [0.2, 0.25) is 0 Å². The molecule has 4 nitrogen and oxygen atoms in total. The van der Waals surface area contributed by atoms with Gasteiger partial charge in [-0.15, -0.1) is 0 Å². The minimum absolute atomic E-state index is 0.0456. The van der Waals surface area contributed by atoms with E-state index in [2.05, 4.69) is 24.2 Å². The van der Waals surface area contributed by atoms with Crippen molar-refractivity contribution in [3.63, 3.8) is 0 Å². The monoisotopic (exact) mass is 222 g/mol. The fourth-order valence-electron chi connectivity index (χ4n) is 3.78. The van der Waals surface area contributed by atoms with Crippen molar-refractivity contribution < 1.29 is 0 Å². The molecule has 2 heterocycles. The van der Waals surface area contributed by atoms with Gasteiger partial charge in [-0.1, -0.05) is 12.8 Å². The van der Waals surface area contributed by atoms with E-state index >= 15 is 0 Å². The Morgan fingerprint density at radius 2 is 2.12 bits per heavy atom. The first kappa shape index (κ1) is 10.5. The summed E-state index contributed by atoms with van der Waals surface area (Å²) in [5.74, 6) is 1.89. The van der Waals surface area contributed by atoms with E-state index in [1.807, 2.05) is 0 Å². The lowest BCUT2D eigenvalue weighted by atomic mass is 9.74. The molecule has 0 aromatic heterocycles. The number of rotatable bonds is 0. The lowest BCUT2D eigenvalue weighted by Crippen LogP contribution is -2.66. The van der Waals surface area contributed by atoms with Gasteiger partial charge in [0.05, 0.1) is 18.0 Å². The first-order valence-corrected chi connectivity index (χ1v) is 6.47. The molecule has 4 heteroatoms. The maximum absolute atomic E-state index is 6.21. The molecule has 0 aromatic rings. The Bertz CT molecular complexity index is 314. The van der Waals surface area contributed by atoms with Crippen LogP contribution in [0.3, 0.4) is 0 Å². The molecule has 2 aliphatic heterocycles. The summed E-state index contributed by atoms with van der Waals surface area (Å²) < 4.78 is 0. The summed E-state index contributed by atoms with van der Waals surface area (Å²) in [6.45, 7) is 2.10. The molecule has 5 atom stereocenters. The summed E-state index contributed by atoms with van der Waals surface area (Å²) in [7, 11) is 2.17. The van der Waals surface area contributed by atoms with Crippen LogP contribution >= 0.6 is 0 Å². The average molecular weight is 222 g/mol. The Hall–Kier alpha value is -0.610. The van der Waals surface area contributed by atoms with E-state index in [0.717, 1.165) is 11.8 Å². The molecule has 0 bridgehead atoms. The van der Waals surface area contributed by atoms with Crippen LogP contribution < -0.4 is 11.1 Å². The summed E-state index contributed by atoms with van der Waals surface area (Å²) in [4.78, 5) is 7.07. The number of hydrogen-bond acceptors (Lipinski definition) is 4. The number of fused-ring (bicyclic) bond motifs is 3. The minimum Gasteiger partial charge on any atom is -0.358 e. The van der Waals surface area contributed by atoms with Crippen LogP contribution in [0.25, 0.3) is 0 Å². The van der Waals surface area contributed by atoms with Gasteiger partial charge in [0.15, 0.2) is 0 Å². The number of amidine groups is 1. The second kappa shape index (κ2) is 3.70. The molecular formula is C12H22N4. The molecule has 0 radical (unpaired) electrons. The molecule has 3 rings (SSSR count). The highest BCUT2D eigenvalue weighted by molar-refractivity contribution is 5.82. The van der Waals surface area contributed by atoms with Crippen molar-refractivity contribution in [3.8, 4) is 0 Å². The number of nitrogens with one attached hydrogen (secondary N) is 1. The zero-order valence-electron chi connectivity index (χ0n) is 10.2. The summed E-state index contributed by atoms with van der Waals surface area (Å²) in [5.41, 5.74) is 6.21. The van der Waals surface area contributed by atoms with Gasteiger partial charge in [0, 0.05) is 13.1 Å². The normalized spacial score (nSPS) is 47.3. The molecule has 16 heavy (non-hydrogen) atoms. The van der Waals surface area contributed by atoms with Gasteiger partial charge in [-0.2, -0.15) is 0 Å². The zero-order chi connectivity index (χ0) is 11.3. The van der Waals surface area contributed by atoms with E-state index in [1.54, 1.807) is 0 Å². The number of nitrogens with zero attached hydrogens (tertiary/aromatic N) is 2. The molecule has 1 aliphatic carbocycles. The third-order valence-electron chi connectivity index (χ3n) is 4.68. The fraction of sp³-hybridized carbons (Fsp3) is 0.917. The molecule has 0 amide bonds. The van der Waals surface area contributed by atoms with Crippen molar-refractivity contribution >= 4 is 5.84 Å². The molecule has 3 N–H and O–H groups in total. The highest BCUT2D eigenvalue weighted by Gasteiger charge is 2.48. The van der Waals surface area contributed by atoms with Gasteiger partial charge in [-0.05, 0) is 25.7 Å². The Morgan fingerprint density at radius 1 is 1.38 bits per heavy atom. The van der Waals surface area contributed by atoms with Gasteiger partial charge >= 0.3 is 0 Å². The standard InChI is InChI=1S/C12H22N4/c1-7-14-10-11(16(7)2)8-5-3-4-6-9(8)15-12(10)13/h8-12,15H,3-6,13H2,1-2H3. The highest BCUT2D eigenvalue weighted by atomic mass is 15.3. The Kier molecular flexibility index (Phi) is 2.44. The predicted molar refractivity (Wildman–Crippen MR) is 65.3 cm³/mol. The van der Waals surface area contributed by atoms with Crippen LogP contribution in [0.15, 0.2) is 4.99 Å². The molecule has 0 aromatic carbocycles. The summed E-state index contributed by atoms with van der Waals surface area (Å²) in [5, 5.41) is 3.57. The summed E-state index contributed by atoms with van der Waals surface area (Å²) in [6, 6.07) is 1.43. The quantitative estimate of drug-likeness (QED) is 0.629. The number of likely N-dealkylation sites (N-methyl/N-ethyl adjacent to an activating group) is 1. The van der Waals surface area contributed by atoms with Crippen LogP contribution in [0.4, 0.5) is 0 Å². The lowest BCUT2D eigenvalue weighted by molar-refractivity contribution is 0.0896. The van der Waals surface area contributed by atoms with Crippen molar-refractivity contribution in [1.29, 1.82) is 0 Å². The van der Waals surface area contributed by atoms with Crippen LogP contribution in [0.2, 0.25) is 0 Å². The Morgan fingerprint density at radius 3 is 2.94 bits per heavy atom. The molecule has 1 saturated carbocycles. The Labute approximate surface area is 97.3 Å². The fourth-order valence-corrected chi connectivity index (χ4v) is 3.78. The second-order valence-corrected chi connectivity index (χ2v) is 5.52. The molecule has 0 spiro atoms. The molecule has 5 unspecified atom stereocenters. The molecule has 3 aliphatic rings. The van der Waals surface area contributed by atoms with Crippen LogP contribution in [-0.4, -0.2) is 42.1 Å². The topological polar surface area (TPSA) is 53.6 Å². The van der Waals surface area contributed by atoms with Crippen molar-refractivity contribution in [2.45, 2.75) is 56.9 Å². The largest absolute Gasteiger partial charge is 0.358 e. The maximum Gasteiger partial charge on any atom is 0.101 e. The molecular weight excluding hydrogens is 200 g/mol. The minimum atomic E-state index is 0.0456. The van der Waals surface area contributed by atoms with E-state index in [4.69, 9.17) is 10.7 Å². The van der Waals surface area contributed by atoms with Crippen molar-refractivity contribution in [2.24, 2.45) is 16.6 Å². The Balaban J connectivity index is 1.88. The van der Waals surface area contributed by atoms with Gasteiger partial charge in [-0.25, -0.2) is 0 Å². The number of nitrogens with two attached hydrogens (primary N) is 1. The average Bonchev–Trinajstić information content (AvgIpc) is 2.57. The van der Waals surface area contributed by atoms with E-state index in [9.17, 15) is 0 Å². The summed E-state index contributed by atoms with van der Waals surface area (Å²) >= 11 is 0. The first-order chi connectivity index (χ1) is 7.68. The first-order valence-electron chi connectivity index (χ1n) is 6.47. The third kappa shape index (κ3) is 1.39. The molecule has 2 fully saturated rings.